The number of ether oxygens (including phenoxy) is 1. The molecule has 0 fully saturated rings. The zero-order valence-corrected chi connectivity index (χ0v) is 10.4. The SMILES string of the molecule is CSP(=O)(O)NC(C)C(=O)OC(C)C. The predicted octanol–water partition coefficient (Wildman–Crippen LogP) is 1.38. The van der Waals surface area contributed by atoms with Crippen molar-refractivity contribution in [2.24, 2.45) is 0 Å². The standard InChI is InChI=1S/C7H16NO4PS/c1-5(2)12-7(9)6(3)8-13(10,11)14-4/h5-6H,1-4H3,(H2,8,10,11). The third-order valence-electron chi connectivity index (χ3n) is 1.31. The Bertz CT molecular complexity index is 246. The molecule has 0 aliphatic rings. The van der Waals surface area contributed by atoms with E-state index in [-0.39, 0.29) is 6.10 Å². The number of hydrogen-bond donors (Lipinski definition) is 2. The van der Waals surface area contributed by atoms with Gasteiger partial charge >= 0.3 is 12.7 Å². The summed E-state index contributed by atoms with van der Waals surface area (Å²) in [5, 5.41) is 2.31. The summed E-state index contributed by atoms with van der Waals surface area (Å²) in [4.78, 5) is 20.4. The van der Waals surface area contributed by atoms with Gasteiger partial charge in [0.1, 0.15) is 6.04 Å². The van der Waals surface area contributed by atoms with E-state index in [0.717, 1.165) is 11.4 Å². The van der Waals surface area contributed by atoms with Crippen LogP contribution >= 0.6 is 18.1 Å². The Labute approximate surface area is 87.9 Å². The van der Waals surface area contributed by atoms with Gasteiger partial charge in [-0.15, -0.1) is 0 Å². The number of carbonyl (C=O) groups excluding carboxylic acids is 1. The van der Waals surface area contributed by atoms with Gasteiger partial charge in [0, 0.05) is 0 Å². The molecule has 14 heavy (non-hydrogen) atoms. The highest BCUT2D eigenvalue weighted by atomic mass is 32.7. The van der Waals surface area contributed by atoms with E-state index in [4.69, 9.17) is 4.74 Å². The predicted molar refractivity (Wildman–Crippen MR) is 57.2 cm³/mol. The maximum absolute atomic E-state index is 11.2. The van der Waals surface area contributed by atoms with Crippen molar-refractivity contribution in [2.75, 3.05) is 6.26 Å². The molecule has 0 aromatic carbocycles. The van der Waals surface area contributed by atoms with Crippen molar-refractivity contribution >= 4 is 24.1 Å². The highest BCUT2D eigenvalue weighted by Crippen LogP contribution is 2.48. The van der Waals surface area contributed by atoms with Crippen LogP contribution in [0.1, 0.15) is 20.8 Å². The molecule has 0 aliphatic heterocycles. The van der Waals surface area contributed by atoms with E-state index in [0.29, 0.717) is 0 Å². The van der Waals surface area contributed by atoms with Gasteiger partial charge < -0.3 is 9.63 Å². The summed E-state index contributed by atoms with van der Waals surface area (Å²) in [7, 11) is 0. The van der Waals surface area contributed by atoms with Gasteiger partial charge in [0.25, 0.3) is 0 Å². The maximum Gasteiger partial charge on any atom is 0.324 e. The third-order valence-corrected chi connectivity index (χ3v) is 4.32. The maximum atomic E-state index is 11.2. The molecule has 0 radical (unpaired) electrons. The first kappa shape index (κ1) is 14.0. The van der Waals surface area contributed by atoms with E-state index in [1.54, 1.807) is 13.8 Å². The van der Waals surface area contributed by atoms with Gasteiger partial charge in [0.2, 0.25) is 0 Å². The Hall–Kier alpha value is -0.0300. The molecule has 2 N–H and O–H groups in total. The lowest BCUT2D eigenvalue weighted by Crippen LogP contribution is -2.34. The van der Waals surface area contributed by atoms with Gasteiger partial charge in [-0.2, -0.15) is 0 Å². The number of nitrogens with one attached hydrogen (secondary N) is 1. The van der Waals surface area contributed by atoms with Crippen LogP contribution in [0.15, 0.2) is 0 Å². The van der Waals surface area contributed by atoms with Crippen LogP contribution in [0.5, 0.6) is 0 Å². The van der Waals surface area contributed by atoms with Gasteiger partial charge in [-0.25, -0.2) is 5.09 Å². The smallest absolute Gasteiger partial charge is 0.324 e. The number of hydrogen-bond acceptors (Lipinski definition) is 4. The molecule has 0 bridgehead atoms. The summed E-state index contributed by atoms with van der Waals surface area (Å²) < 4.78 is 16.0. The summed E-state index contributed by atoms with van der Waals surface area (Å²) in [6, 6.07) is -0.777. The first-order valence-corrected chi connectivity index (χ1v) is 7.64. The van der Waals surface area contributed by atoms with Gasteiger partial charge in [-0.1, -0.05) is 11.4 Å². The lowest BCUT2D eigenvalue weighted by Gasteiger charge is -2.17. The molecule has 0 spiro atoms. The largest absolute Gasteiger partial charge is 0.462 e. The molecule has 7 heteroatoms. The van der Waals surface area contributed by atoms with Crippen molar-refractivity contribution in [1.82, 2.24) is 5.09 Å². The highest BCUT2D eigenvalue weighted by Gasteiger charge is 2.24. The Kier molecular flexibility index (Phi) is 5.74. The van der Waals surface area contributed by atoms with E-state index < -0.39 is 18.7 Å². The zero-order chi connectivity index (χ0) is 11.4. The minimum Gasteiger partial charge on any atom is -0.462 e. The van der Waals surface area contributed by atoms with Crippen molar-refractivity contribution in [1.29, 1.82) is 0 Å². The zero-order valence-electron chi connectivity index (χ0n) is 8.68. The fraction of sp³-hybridized carbons (Fsp3) is 0.857. The summed E-state index contributed by atoms with van der Waals surface area (Å²) in [6.07, 6.45) is 1.27. The second kappa shape index (κ2) is 5.75. The minimum absolute atomic E-state index is 0.223. The molecular formula is C7H16NO4PS. The van der Waals surface area contributed by atoms with E-state index in [1.165, 1.54) is 13.2 Å². The van der Waals surface area contributed by atoms with Crippen LogP contribution in [0, 0.1) is 0 Å². The lowest BCUT2D eigenvalue weighted by molar-refractivity contribution is -0.149. The Morgan fingerprint density at radius 1 is 1.50 bits per heavy atom. The highest BCUT2D eigenvalue weighted by molar-refractivity contribution is 8.55. The van der Waals surface area contributed by atoms with E-state index >= 15 is 0 Å². The summed E-state index contributed by atoms with van der Waals surface area (Å²) in [5.41, 5.74) is 0. The van der Waals surface area contributed by atoms with Crippen LogP contribution < -0.4 is 5.09 Å². The van der Waals surface area contributed by atoms with Crippen LogP contribution in [0.2, 0.25) is 0 Å². The second-order valence-electron chi connectivity index (χ2n) is 3.04. The van der Waals surface area contributed by atoms with Crippen LogP contribution in [0.4, 0.5) is 0 Å². The van der Waals surface area contributed by atoms with Crippen molar-refractivity contribution < 1.29 is 19.0 Å². The van der Waals surface area contributed by atoms with Crippen molar-refractivity contribution in [3.63, 3.8) is 0 Å². The van der Waals surface area contributed by atoms with Crippen molar-refractivity contribution in [2.45, 2.75) is 32.9 Å². The summed E-state index contributed by atoms with van der Waals surface area (Å²) in [6.45, 7) is 1.47. The molecule has 0 aromatic rings. The van der Waals surface area contributed by atoms with Gasteiger partial charge in [-0.05, 0) is 27.0 Å². The second-order valence-corrected chi connectivity index (χ2v) is 7.28. The molecule has 0 heterocycles. The lowest BCUT2D eigenvalue weighted by atomic mass is 10.4. The number of esters is 1. The molecule has 0 aromatic heterocycles. The normalized spacial score (nSPS) is 17.6. The molecule has 0 aliphatic carbocycles. The van der Waals surface area contributed by atoms with E-state index in [2.05, 4.69) is 5.09 Å². The summed E-state index contributed by atoms with van der Waals surface area (Å²) >= 11 is 0.784. The van der Waals surface area contributed by atoms with Crippen LogP contribution in [-0.2, 0) is 14.1 Å². The Balaban J connectivity index is 4.15. The molecule has 84 valence electrons. The summed E-state index contributed by atoms with van der Waals surface area (Å²) in [5.74, 6) is -0.525. The molecule has 0 saturated heterocycles. The quantitative estimate of drug-likeness (QED) is 0.559. The molecule has 0 rings (SSSR count). The molecule has 2 atom stereocenters. The molecule has 0 saturated carbocycles. The number of carbonyl (C=O) groups is 1. The number of rotatable bonds is 5. The molecule has 5 nitrogen and oxygen atoms in total. The first-order chi connectivity index (χ1) is 6.28. The average Bonchev–Trinajstić information content (AvgIpc) is 2.02. The van der Waals surface area contributed by atoms with Crippen LogP contribution in [-0.4, -0.2) is 29.3 Å². The molecular weight excluding hydrogens is 225 g/mol. The van der Waals surface area contributed by atoms with Gasteiger partial charge in [-0.3, -0.25) is 9.36 Å². The molecule has 2 unspecified atom stereocenters. The van der Waals surface area contributed by atoms with Crippen LogP contribution in [0.25, 0.3) is 0 Å². The Morgan fingerprint density at radius 2 is 2.00 bits per heavy atom. The van der Waals surface area contributed by atoms with Crippen molar-refractivity contribution in [3.8, 4) is 0 Å². The van der Waals surface area contributed by atoms with E-state index in [9.17, 15) is 14.3 Å². The van der Waals surface area contributed by atoms with Crippen LogP contribution in [0.3, 0.4) is 0 Å². The fourth-order valence-corrected chi connectivity index (χ4v) is 2.18. The minimum atomic E-state index is -3.46. The molecule has 0 amide bonds. The van der Waals surface area contributed by atoms with Gasteiger partial charge in [0.15, 0.2) is 0 Å². The average molecular weight is 241 g/mol. The third kappa shape index (κ3) is 5.65. The van der Waals surface area contributed by atoms with Crippen molar-refractivity contribution in [3.05, 3.63) is 0 Å². The first-order valence-electron chi connectivity index (χ1n) is 4.15. The van der Waals surface area contributed by atoms with Gasteiger partial charge in [0.05, 0.1) is 6.10 Å². The fourth-order valence-electron chi connectivity index (χ4n) is 0.684. The Morgan fingerprint density at radius 3 is 2.36 bits per heavy atom. The monoisotopic (exact) mass is 241 g/mol. The topological polar surface area (TPSA) is 75.6 Å². The van der Waals surface area contributed by atoms with E-state index in [1.807, 2.05) is 0 Å².